The van der Waals surface area contributed by atoms with Gasteiger partial charge in [-0.25, -0.2) is 9.59 Å². The van der Waals surface area contributed by atoms with Gasteiger partial charge in [0, 0.05) is 30.0 Å². The Hall–Kier alpha value is -2.56. The normalized spacial score (nSPS) is 19.6. The number of benzene rings is 1. The summed E-state index contributed by atoms with van der Waals surface area (Å²) in [5.41, 5.74) is 1.92. The molecular formula is C18H18O5. The van der Waals surface area contributed by atoms with Crippen molar-refractivity contribution in [2.24, 2.45) is 0 Å². The molecule has 3 rings (SSSR count). The van der Waals surface area contributed by atoms with E-state index < -0.39 is 5.63 Å². The van der Waals surface area contributed by atoms with E-state index in [0.29, 0.717) is 17.8 Å². The summed E-state index contributed by atoms with van der Waals surface area (Å²) in [6, 6.07) is 6.72. The number of allylic oxidation sites excluding steroid dienone is 1. The van der Waals surface area contributed by atoms with Crippen molar-refractivity contribution >= 4 is 16.9 Å². The second-order valence-corrected chi connectivity index (χ2v) is 5.98. The van der Waals surface area contributed by atoms with E-state index in [-0.39, 0.29) is 18.2 Å². The van der Waals surface area contributed by atoms with Gasteiger partial charge in [-0.05, 0) is 38.5 Å². The van der Waals surface area contributed by atoms with Crippen LogP contribution in [-0.2, 0) is 16.0 Å². The van der Waals surface area contributed by atoms with E-state index in [0.717, 1.165) is 16.5 Å². The summed E-state index contributed by atoms with van der Waals surface area (Å²) in [5.74, 6) is 0.301. The molecule has 1 unspecified atom stereocenters. The second-order valence-electron chi connectivity index (χ2n) is 5.98. The lowest BCUT2D eigenvalue weighted by atomic mass is 9.98. The Morgan fingerprint density at radius 1 is 1.30 bits per heavy atom. The van der Waals surface area contributed by atoms with Crippen LogP contribution >= 0.6 is 0 Å². The van der Waals surface area contributed by atoms with Gasteiger partial charge >= 0.3 is 11.6 Å². The molecule has 23 heavy (non-hydrogen) atoms. The minimum absolute atomic E-state index is 0.273. The highest BCUT2D eigenvalue weighted by atomic mass is 16.6. The lowest BCUT2D eigenvalue weighted by molar-refractivity contribution is -0.148. The number of carbonyl (C=O) groups is 1. The molecular weight excluding hydrogens is 296 g/mol. The van der Waals surface area contributed by atoms with Crippen LogP contribution in [0.2, 0.25) is 0 Å². The molecule has 0 spiro atoms. The van der Waals surface area contributed by atoms with Gasteiger partial charge < -0.3 is 13.9 Å². The van der Waals surface area contributed by atoms with Crippen molar-refractivity contribution in [3.05, 3.63) is 51.9 Å². The number of esters is 1. The number of fused-ring (bicyclic) bond motifs is 2. The Morgan fingerprint density at radius 2 is 2.09 bits per heavy atom. The average molecular weight is 314 g/mol. The van der Waals surface area contributed by atoms with E-state index in [1.807, 2.05) is 26.8 Å². The van der Waals surface area contributed by atoms with E-state index in [1.54, 1.807) is 12.1 Å². The molecule has 0 radical (unpaired) electrons. The molecule has 0 bridgehead atoms. The molecule has 1 aromatic heterocycles. The predicted octanol–water partition coefficient (Wildman–Crippen LogP) is 2.99. The maximum Gasteiger partial charge on any atom is 0.336 e. The summed E-state index contributed by atoms with van der Waals surface area (Å²) >= 11 is 0. The first kappa shape index (κ1) is 15.3. The van der Waals surface area contributed by atoms with Gasteiger partial charge in [-0.1, -0.05) is 5.57 Å². The molecule has 0 saturated carbocycles. The minimum atomic E-state index is -0.394. The van der Waals surface area contributed by atoms with Crippen LogP contribution in [0.25, 0.3) is 11.0 Å². The van der Waals surface area contributed by atoms with E-state index in [4.69, 9.17) is 13.9 Å². The standard InChI is InChI=1S/C18H18O5/c1-10(2)6-18(20)22-14-8-13-7-12-4-5-17(19)23-15(12)9-16(13)21-11(14)3/h4-7,9,11,14H,8H2,1-3H3/t11?,14-/m0/s1. The molecule has 2 aromatic rings. The van der Waals surface area contributed by atoms with Crippen LogP contribution in [0.4, 0.5) is 0 Å². The largest absolute Gasteiger partial charge is 0.486 e. The van der Waals surface area contributed by atoms with Gasteiger partial charge in [-0.15, -0.1) is 0 Å². The number of carbonyl (C=O) groups excluding carboxylic acids is 1. The third kappa shape index (κ3) is 3.28. The summed E-state index contributed by atoms with van der Waals surface area (Å²) in [5, 5.41) is 0.816. The van der Waals surface area contributed by atoms with Crippen molar-refractivity contribution in [3.63, 3.8) is 0 Å². The maximum absolute atomic E-state index is 11.8. The zero-order valence-electron chi connectivity index (χ0n) is 13.3. The van der Waals surface area contributed by atoms with E-state index in [1.165, 1.54) is 12.1 Å². The van der Waals surface area contributed by atoms with Crippen LogP contribution in [0.5, 0.6) is 5.75 Å². The third-order valence-corrected chi connectivity index (χ3v) is 3.73. The van der Waals surface area contributed by atoms with Gasteiger partial charge in [0.25, 0.3) is 0 Å². The van der Waals surface area contributed by atoms with Crippen LogP contribution < -0.4 is 10.4 Å². The van der Waals surface area contributed by atoms with Gasteiger partial charge in [-0.2, -0.15) is 0 Å². The maximum atomic E-state index is 11.8. The molecule has 1 aromatic carbocycles. The van der Waals surface area contributed by atoms with Crippen LogP contribution in [0.1, 0.15) is 26.3 Å². The fourth-order valence-electron chi connectivity index (χ4n) is 2.63. The summed E-state index contributed by atoms with van der Waals surface area (Å²) in [4.78, 5) is 23.1. The molecule has 1 aliphatic heterocycles. The van der Waals surface area contributed by atoms with Gasteiger partial charge in [-0.3, -0.25) is 0 Å². The van der Waals surface area contributed by atoms with Gasteiger partial charge in [0.15, 0.2) is 0 Å². The van der Waals surface area contributed by atoms with Crippen molar-refractivity contribution in [3.8, 4) is 5.75 Å². The first-order valence-corrected chi connectivity index (χ1v) is 7.51. The molecule has 1 aliphatic rings. The Labute approximate surface area is 133 Å². The smallest absolute Gasteiger partial charge is 0.336 e. The van der Waals surface area contributed by atoms with E-state index in [2.05, 4.69) is 0 Å². The fourth-order valence-corrected chi connectivity index (χ4v) is 2.63. The van der Waals surface area contributed by atoms with Gasteiger partial charge in [0.2, 0.25) is 0 Å². The van der Waals surface area contributed by atoms with Crippen molar-refractivity contribution in [2.75, 3.05) is 0 Å². The summed E-state index contributed by atoms with van der Waals surface area (Å²) in [7, 11) is 0. The van der Waals surface area contributed by atoms with E-state index >= 15 is 0 Å². The predicted molar refractivity (Wildman–Crippen MR) is 85.6 cm³/mol. The summed E-state index contributed by atoms with van der Waals surface area (Å²) in [6.07, 6.45) is 1.41. The average Bonchev–Trinajstić information content (AvgIpc) is 2.45. The monoisotopic (exact) mass is 314 g/mol. The van der Waals surface area contributed by atoms with Crippen molar-refractivity contribution in [1.29, 1.82) is 0 Å². The third-order valence-electron chi connectivity index (χ3n) is 3.73. The molecule has 0 aliphatic carbocycles. The van der Waals surface area contributed by atoms with Crippen molar-refractivity contribution in [2.45, 2.75) is 39.4 Å². The molecule has 0 saturated heterocycles. The molecule has 5 nitrogen and oxygen atoms in total. The summed E-state index contributed by atoms with van der Waals surface area (Å²) < 4.78 is 16.5. The molecule has 2 heterocycles. The number of hydrogen-bond acceptors (Lipinski definition) is 5. The molecule has 0 N–H and O–H groups in total. The lowest BCUT2D eigenvalue weighted by Gasteiger charge is -2.31. The fraction of sp³-hybridized carbons (Fsp3) is 0.333. The van der Waals surface area contributed by atoms with E-state index in [9.17, 15) is 9.59 Å². The highest BCUT2D eigenvalue weighted by Gasteiger charge is 2.30. The molecule has 2 atom stereocenters. The Kier molecular flexibility index (Phi) is 3.94. The number of hydrogen-bond donors (Lipinski definition) is 0. The van der Waals surface area contributed by atoms with Crippen LogP contribution in [0.15, 0.2) is 45.1 Å². The number of rotatable bonds is 2. The number of ether oxygens (including phenoxy) is 2. The Bertz CT molecular complexity index is 842. The van der Waals surface area contributed by atoms with Crippen LogP contribution in [-0.4, -0.2) is 18.2 Å². The zero-order chi connectivity index (χ0) is 16.6. The lowest BCUT2D eigenvalue weighted by Crippen LogP contribution is -2.38. The van der Waals surface area contributed by atoms with Gasteiger partial charge in [0.05, 0.1) is 0 Å². The van der Waals surface area contributed by atoms with Crippen molar-refractivity contribution in [1.82, 2.24) is 0 Å². The van der Waals surface area contributed by atoms with Gasteiger partial charge in [0.1, 0.15) is 23.5 Å². The molecule has 0 fully saturated rings. The Balaban J connectivity index is 1.89. The SMILES string of the molecule is CC(C)=CC(=O)O[C@H]1Cc2cc3ccc(=O)oc3cc2OC1C. The van der Waals surface area contributed by atoms with Crippen molar-refractivity contribution < 1.29 is 18.7 Å². The Morgan fingerprint density at radius 3 is 2.83 bits per heavy atom. The zero-order valence-corrected chi connectivity index (χ0v) is 13.3. The van der Waals surface area contributed by atoms with Crippen LogP contribution in [0, 0.1) is 0 Å². The highest BCUT2D eigenvalue weighted by molar-refractivity contribution is 5.83. The molecule has 120 valence electrons. The van der Waals surface area contributed by atoms with Crippen LogP contribution in [0.3, 0.4) is 0 Å². The second kappa shape index (κ2) is 5.91. The first-order valence-electron chi connectivity index (χ1n) is 7.51. The topological polar surface area (TPSA) is 65.7 Å². The molecule has 0 amide bonds. The minimum Gasteiger partial charge on any atom is -0.486 e. The summed E-state index contributed by atoms with van der Waals surface area (Å²) in [6.45, 7) is 5.54. The highest BCUT2D eigenvalue weighted by Crippen LogP contribution is 2.32. The quantitative estimate of drug-likeness (QED) is 0.484. The molecule has 5 heteroatoms. The first-order chi connectivity index (χ1) is 10.9.